The van der Waals surface area contributed by atoms with Crippen molar-refractivity contribution < 1.29 is 9.59 Å². The molecule has 2 unspecified atom stereocenters. The minimum Gasteiger partial charge on any atom is -0.325 e. The first-order chi connectivity index (χ1) is 10.4. The van der Waals surface area contributed by atoms with Crippen LogP contribution in [-0.4, -0.2) is 63.3 Å². The number of hydrogen-bond acceptors (Lipinski definition) is 5. The third kappa shape index (κ3) is 2.06. The fraction of sp³-hybridized carbons (Fsp3) is 0.571. The molecule has 2 aliphatic heterocycles. The summed E-state index contributed by atoms with van der Waals surface area (Å²) in [6.07, 6.45) is 0.360. The lowest BCUT2D eigenvalue weighted by molar-refractivity contribution is -0.127. The number of rotatable bonds is 2. The van der Waals surface area contributed by atoms with E-state index in [1.54, 1.807) is 11.7 Å². The molecule has 1 aromatic rings. The van der Waals surface area contributed by atoms with Crippen LogP contribution in [0.15, 0.2) is 11.1 Å². The molecule has 8 heteroatoms. The largest absolute Gasteiger partial charge is 0.325 e. The van der Waals surface area contributed by atoms with Crippen LogP contribution in [0.5, 0.6) is 0 Å². The number of urea groups is 1. The molecule has 0 saturated carbocycles. The van der Waals surface area contributed by atoms with Crippen molar-refractivity contribution in [1.82, 2.24) is 24.9 Å². The number of carbonyl (C=O) groups is 2. The molecule has 1 fully saturated rings. The number of aliphatic imine (C=N–C) groups is 1. The van der Waals surface area contributed by atoms with E-state index in [9.17, 15) is 9.59 Å². The Morgan fingerprint density at radius 3 is 2.64 bits per heavy atom. The lowest BCUT2D eigenvalue weighted by atomic mass is 10.1. The highest BCUT2D eigenvalue weighted by atomic mass is 16.2. The molecule has 0 radical (unpaired) electrons. The van der Waals surface area contributed by atoms with E-state index in [4.69, 9.17) is 0 Å². The summed E-state index contributed by atoms with van der Waals surface area (Å²) in [5.74, 6) is 0.320. The van der Waals surface area contributed by atoms with Gasteiger partial charge in [-0.05, 0) is 26.3 Å². The topological polar surface area (TPSA) is 82.8 Å². The second-order valence-electron chi connectivity index (χ2n) is 5.73. The Kier molecular flexibility index (Phi) is 3.38. The van der Waals surface area contributed by atoms with Crippen molar-refractivity contribution in [2.45, 2.75) is 39.4 Å². The minimum absolute atomic E-state index is 0.304. The van der Waals surface area contributed by atoms with Crippen LogP contribution in [0.4, 0.5) is 4.79 Å². The molecule has 22 heavy (non-hydrogen) atoms. The number of amides is 3. The number of fused-ring (bicyclic) bond motifs is 1. The number of carbonyl (C=O) groups excluding carboxylic acids is 2. The molecule has 0 aliphatic carbocycles. The smallest absolute Gasteiger partial charge is 0.325 e. The summed E-state index contributed by atoms with van der Waals surface area (Å²) in [5.41, 5.74) is 1.84. The molecular weight excluding hydrogens is 284 g/mol. The lowest BCUT2D eigenvalue weighted by Gasteiger charge is -2.36. The van der Waals surface area contributed by atoms with Crippen molar-refractivity contribution in [2.75, 3.05) is 13.6 Å². The molecule has 2 atom stereocenters. The van der Waals surface area contributed by atoms with Crippen LogP contribution in [0, 0.1) is 13.8 Å². The number of imide groups is 1. The van der Waals surface area contributed by atoms with Gasteiger partial charge >= 0.3 is 6.03 Å². The highest BCUT2D eigenvalue weighted by Gasteiger charge is 2.49. The van der Waals surface area contributed by atoms with E-state index in [0.29, 0.717) is 12.5 Å². The molecule has 3 rings (SSSR count). The van der Waals surface area contributed by atoms with Gasteiger partial charge in [-0.25, -0.2) is 14.5 Å². The Morgan fingerprint density at radius 2 is 2.05 bits per heavy atom. The number of likely N-dealkylation sites (N-methyl/N-ethyl adjacent to an activating group) is 1. The maximum atomic E-state index is 12.3. The van der Waals surface area contributed by atoms with Crippen LogP contribution in [-0.2, 0) is 4.79 Å². The maximum Gasteiger partial charge on any atom is 0.325 e. The Hall–Kier alpha value is -2.38. The predicted octanol–water partition coefficient (Wildman–Crippen LogP) is 0.306. The molecule has 8 nitrogen and oxygen atoms in total. The van der Waals surface area contributed by atoms with Crippen molar-refractivity contribution in [3.05, 3.63) is 17.5 Å². The summed E-state index contributed by atoms with van der Waals surface area (Å²) in [7, 11) is 1.65. The summed E-state index contributed by atoms with van der Waals surface area (Å²) in [4.78, 5) is 32.1. The molecule has 1 N–H and O–H groups in total. The zero-order chi connectivity index (χ0) is 16.0. The van der Waals surface area contributed by atoms with Gasteiger partial charge in [-0.1, -0.05) is 6.92 Å². The van der Waals surface area contributed by atoms with Gasteiger partial charge in [0, 0.05) is 19.3 Å². The van der Waals surface area contributed by atoms with Crippen LogP contribution in [0.1, 0.15) is 24.7 Å². The predicted molar refractivity (Wildman–Crippen MR) is 80.4 cm³/mol. The Bertz CT molecular complexity index is 664. The van der Waals surface area contributed by atoms with Crippen LogP contribution >= 0.6 is 0 Å². The standard InChI is InChI=1S/C14H20N6O2/c1-5-6-19-10-11(18(4)14(22)16-12(10)21)15-13(19)20-9(3)7-8(2)17-20/h7,10-11H,5-6H2,1-4H3,(H,16,21,22). The molecule has 118 valence electrons. The van der Waals surface area contributed by atoms with Crippen molar-refractivity contribution in [1.29, 1.82) is 0 Å². The third-order valence-corrected chi connectivity index (χ3v) is 4.00. The molecule has 1 saturated heterocycles. The van der Waals surface area contributed by atoms with Crippen LogP contribution < -0.4 is 5.32 Å². The monoisotopic (exact) mass is 304 g/mol. The van der Waals surface area contributed by atoms with Gasteiger partial charge in [0.25, 0.3) is 5.91 Å². The van der Waals surface area contributed by atoms with Gasteiger partial charge in [0.1, 0.15) is 0 Å². The summed E-state index contributed by atoms with van der Waals surface area (Å²) in [5, 5.41) is 6.84. The molecule has 1 aromatic heterocycles. The van der Waals surface area contributed by atoms with Gasteiger partial charge in [0.2, 0.25) is 5.96 Å². The first-order valence-corrected chi connectivity index (χ1v) is 7.39. The van der Waals surface area contributed by atoms with Gasteiger partial charge < -0.3 is 9.80 Å². The van der Waals surface area contributed by atoms with Crippen molar-refractivity contribution in [2.24, 2.45) is 4.99 Å². The Labute approximate surface area is 128 Å². The van der Waals surface area contributed by atoms with Gasteiger partial charge in [0.15, 0.2) is 12.2 Å². The van der Waals surface area contributed by atoms with Crippen molar-refractivity contribution in [3.63, 3.8) is 0 Å². The first-order valence-electron chi connectivity index (χ1n) is 7.39. The van der Waals surface area contributed by atoms with Gasteiger partial charge in [0.05, 0.1) is 5.69 Å². The molecule has 0 aromatic carbocycles. The fourth-order valence-electron chi connectivity index (χ4n) is 3.00. The molecule has 0 bridgehead atoms. The van der Waals surface area contributed by atoms with E-state index in [1.165, 1.54) is 4.90 Å². The normalized spacial score (nSPS) is 24.5. The summed E-state index contributed by atoms with van der Waals surface area (Å²) in [6, 6.07) is 1.05. The quantitative estimate of drug-likeness (QED) is 0.852. The first kappa shape index (κ1) is 14.6. The van der Waals surface area contributed by atoms with E-state index in [-0.39, 0.29) is 5.91 Å². The molecule has 2 aliphatic rings. The summed E-state index contributed by atoms with van der Waals surface area (Å²) >= 11 is 0. The van der Waals surface area contributed by atoms with Gasteiger partial charge in [-0.3, -0.25) is 10.1 Å². The van der Waals surface area contributed by atoms with Crippen molar-refractivity contribution in [3.8, 4) is 0 Å². The number of aromatic nitrogens is 2. The maximum absolute atomic E-state index is 12.3. The van der Waals surface area contributed by atoms with Gasteiger partial charge in [-0.2, -0.15) is 5.10 Å². The highest BCUT2D eigenvalue weighted by Crippen LogP contribution is 2.25. The number of nitrogens with zero attached hydrogens (tertiary/aromatic N) is 5. The summed E-state index contributed by atoms with van der Waals surface area (Å²) in [6.45, 7) is 6.58. The van der Waals surface area contributed by atoms with Gasteiger partial charge in [-0.15, -0.1) is 0 Å². The van der Waals surface area contributed by atoms with Crippen LogP contribution in [0.2, 0.25) is 0 Å². The minimum atomic E-state index is -0.508. The average Bonchev–Trinajstić information content (AvgIpc) is 2.97. The molecule has 3 heterocycles. The Balaban J connectivity index is 2.06. The second-order valence-corrected chi connectivity index (χ2v) is 5.73. The van der Waals surface area contributed by atoms with E-state index in [2.05, 4.69) is 15.4 Å². The zero-order valence-electron chi connectivity index (χ0n) is 13.2. The molecular formula is C14H20N6O2. The van der Waals surface area contributed by atoms with E-state index in [0.717, 1.165) is 17.8 Å². The number of nitrogens with one attached hydrogen (secondary N) is 1. The number of aryl methyl sites for hydroxylation is 2. The van der Waals surface area contributed by atoms with Crippen LogP contribution in [0.25, 0.3) is 0 Å². The summed E-state index contributed by atoms with van der Waals surface area (Å²) < 4.78 is 1.74. The lowest BCUT2D eigenvalue weighted by Crippen LogP contribution is -2.64. The number of hydrogen-bond donors (Lipinski definition) is 1. The fourth-order valence-corrected chi connectivity index (χ4v) is 3.00. The zero-order valence-corrected chi connectivity index (χ0v) is 13.2. The average molecular weight is 304 g/mol. The van der Waals surface area contributed by atoms with E-state index < -0.39 is 18.2 Å². The second kappa shape index (κ2) is 5.11. The molecule has 3 amide bonds. The SMILES string of the molecule is CCCN1C(n2nc(C)cc2C)=NC2C1C(=O)NC(=O)N2C. The Morgan fingerprint density at radius 1 is 1.32 bits per heavy atom. The van der Waals surface area contributed by atoms with E-state index in [1.807, 2.05) is 31.7 Å². The van der Waals surface area contributed by atoms with Crippen LogP contribution in [0.3, 0.4) is 0 Å². The third-order valence-electron chi connectivity index (χ3n) is 4.00. The van der Waals surface area contributed by atoms with E-state index >= 15 is 0 Å². The highest BCUT2D eigenvalue weighted by molar-refractivity contribution is 6.03. The van der Waals surface area contributed by atoms with Crippen molar-refractivity contribution >= 4 is 17.9 Å². The molecule has 0 spiro atoms.